The van der Waals surface area contributed by atoms with E-state index in [9.17, 15) is 0 Å². The van der Waals surface area contributed by atoms with E-state index < -0.39 is 5.66 Å². The van der Waals surface area contributed by atoms with Gasteiger partial charge in [0.1, 0.15) is 11.1 Å². The van der Waals surface area contributed by atoms with E-state index >= 15 is 0 Å². The lowest BCUT2D eigenvalue weighted by atomic mass is 9.82. The smallest absolute Gasteiger partial charge is 0.308 e. The highest BCUT2D eigenvalue weighted by atomic mass is 15.3. The summed E-state index contributed by atoms with van der Waals surface area (Å²) < 4.78 is 4.99. The maximum Gasteiger partial charge on any atom is 0.421 e. The van der Waals surface area contributed by atoms with Crippen molar-refractivity contribution in [2.45, 2.75) is 5.66 Å². The number of aromatic nitrogens is 2. The number of fused-ring (bicyclic) bond motifs is 7. The number of rotatable bonds is 0. The Morgan fingerprint density at radius 1 is 0.529 bits per heavy atom. The van der Waals surface area contributed by atoms with Crippen molar-refractivity contribution in [3.8, 4) is 22.5 Å². The third-order valence-electron chi connectivity index (χ3n) is 8.00. The summed E-state index contributed by atoms with van der Waals surface area (Å²) in [7, 11) is 0. The molecule has 3 nitrogen and oxygen atoms in total. The summed E-state index contributed by atoms with van der Waals surface area (Å²) in [6.07, 6.45) is 9.07. The van der Waals surface area contributed by atoms with Gasteiger partial charge in [0.05, 0.1) is 28.2 Å². The van der Waals surface area contributed by atoms with Crippen molar-refractivity contribution in [1.29, 1.82) is 0 Å². The van der Waals surface area contributed by atoms with Crippen LogP contribution in [0.2, 0.25) is 0 Å². The highest BCUT2D eigenvalue weighted by Crippen LogP contribution is 2.60. The van der Waals surface area contributed by atoms with Gasteiger partial charge in [-0.15, -0.1) is 9.13 Å². The first-order chi connectivity index (χ1) is 16.9. The van der Waals surface area contributed by atoms with E-state index in [1.54, 1.807) is 0 Å². The molecule has 0 saturated heterocycles. The molecule has 34 heavy (non-hydrogen) atoms. The Balaban J connectivity index is 1.58. The van der Waals surface area contributed by atoms with Gasteiger partial charge in [0.2, 0.25) is 11.4 Å². The van der Waals surface area contributed by atoms with Gasteiger partial charge in [0.15, 0.2) is 12.4 Å². The SMILES string of the molecule is C1=Cc2ccc3c4c2N(c2ccccc21)c1cccc2c1C4([n+]1ccccc1-2)[n+]1ccccc1-3. The quantitative estimate of drug-likeness (QED) is 0.276. The predicted octanol–water partition coefficient (Wildman–Crippen LogP) is 5.79. The number of hydrogen-bond acceptors (Lipinski definition) is 1. The summed E-state index contributed by atoms with van der Waals surface area (Å²) in [6.45, 7) is 0. The summed E-state index contributed by atoms with van der Waals surface area (Å²) in [5.74, 6) is 0. The molecule has 1 atom stereocenters. The van der Waals surface area contributed by atoms with E-state index in [1.807, 2.05) is 0 Å². The molecular weight excluding hydrogens is 414 g/mol. The summed E-state index contributed by atoms with van der Waals surface area (Å²) in [5, 5.41) is 0. The molecule has 9 rings (SSSR count). The lowest BCUT2D eigenvalue weighted by Crippen LogP contribution is -2.72. The number of para-hydroxylation sites is 1. The second kappa shape index (κ2) is 5.52. The minimum Gasteiger partial charge on any atom is -0.308 e. The largest absolute Gasteiger partial charge is 0.421 e. The molecule has 0 fully saturated rings. The minimum absolute atomic E-state index is 0.441. The van der Waals surface area contributed by atoms with Crippen LogP contribution in [0, 0.1) is 0 Å². The first-order valence-electron chi connectivity index (χ1n) is 11.8. The van der Waals surface area contributed by atoms with Crippen LogP contribution in [0.15, 0.2) is 103 Å². The Hall–Kier alpha value is -4.50. The van der Waals surface area contributed by atoms with Crippen LogP contribution < -0.4 is 14.0 Å². The Kier molecular flexibility index (Phi) is 2.77. The molecule has 4 aliphatic rings. The van der Waals surface area contributed by atoms with E-state index in [2.05, 4.69) is 130 Å². The molecule has 2 aromatic heterocycles. The minimum atomic E-state index is -0.441. The van der Waals surface area contributed by atoms with Crippen LogP contribution in [0.3, 0.4) is 0 Å². The van der Waals surface area contributed by atoms with Crippen molar-refractivity contribution < 1.29 is 9.13 Å². The van der Waals surface area contributed by atoms with Gasteiger partial charge in [0.25, 0.3) is 0 Å². The highest BCUT2D eigenvalue weighted by Gasteiger charge is 2.71. The average Bonchev–Trinajstić information content (AvgIpc) is 3.30. The summed E-state index contributed by atoms with van der Waals surface area (Å²) in [4.78, 5) is 2.51. The van der Waals surface area contributed by atoms with Gasteiger partial charge >= 0.3 is 5.66 Å². The zero-order chi connectivity index (χ0) is 22.0. The molecule has 3 heteroatoms. The van der Waals surface area contributed by atoms with E-state index in [-0.39, 0.29) is 0 Å². The zero-order valence-electron chi connectivity index (χ0n) is 18.3. The van der Waals surface area contributed by atoms with Gasteiger partial charge < -0.3 is 4.90 Å². The Labute approximate surface area is 197 Å². The topological polar surface area (TPSA) is 11.0 Å². The molecule has 5 aromatic rings. The molecule has 1 unspecified atom stereocenters. The molecule has 0 amide bonds. The summed E-state index contributed by atoms with van der Waals surface area (Å²) >= 11 is 0. The number of hydrogen-bond donors (Lipinski definition) is 0. The molecule has 156 valence electrons. The molecule has 0 N–H and O–H groups in total. The number of benzene rings is 3. The van der Waals surface area contributed by atoms with E-state index in [0.717, 1.165) is 0 Å². The van der Waals surface area contributed by atoms with Crippen LogP contribution in [0.25, 0.3) is 34.7 Å². The van der Waals surface area contributed by atoms with Gasteiger partial charge in [0, 0.05) is 24.3 Å². The molecule has 4 aliphatic heterocycles. The summed E-state index contributed by atoms with van der Waals surface area (Å²) in [5.41, 5.74) is 13.7. The highest BCUT2D eigenvalue weighted by molar-refractivity contribution is 6.01. The van der Waals surface area contributed by atoms with Crippen LogP contribution in [0.4, 0.5) is 17.1 Å². The van der Waals surface area contributed by atoms with Crippen molar-refractivity contribution in [1.82, 2.24) is 0 Å². The van der Waals surface area contributed by atoms with Crippen LogP contribution in [0.1, 0.15) is 22.3 Å². The van der Waals surface area contributed by atoms with Gasteiger partial charge in [-0.05, 0) is 47.5 Å². The van der Waals surface area contributed by atoms with Crippen molar-refractivity contribution in [3.63, 3.8) is 0 Å². The zero-order valence-corrected chi connectivity index (χ0v) is 18.3. The van der Waals surface area contributed by atoms with Gasteiger partial charge in [-0.2, -0.15) is 0 Å². The fraction of sp³-hybridized carbons (Fsp3) is 0.0323. The van der Waals surface area contributed by atoms with Crippen LogP contribution in [-0.4, -0.2) is 0 Å². The van der Waals surface area contributed by atoms with Crippen LogP contribution in [-0.2, 0) is 5.66 Å². The Bertz CT molecular complexity index is 1770. The fourth-order valence-electron chi connectivity index (χ4n) is 6.85. The van der Waals surface area contributed by atoms with Crippen molar-refractivity contribution in [3.05, 3.63) is 126 Å². The second-order valence-electron chi connectivity index (χ2n) is 9.44. The molecule has 1 spiro atoms. The normalized spacial score (nSPS) is 18.5. The van der Waals surface area contributed by atoms with E-state index in [1.165, 1.54) is 61.8 Å². The summed E-state index contributed by atoms with van der Waals surface area (Å²) in [6, 6.07) is 33.3. The lowest BCUT2D eigenvalue weighted by molar-refractivity contribution is -0.955. The number of anilines is 3. The molecule has 6 heterocycles. The Morgan fingerprint density at radius 3 is 2.03 bits per heavy atom. The van der Waals surface area contributed by atoms with Crippen molar-refractivity contribution >= 4 is 29.2 Å². The standard InChI is InChI=1S/C31H19N3/c1-2-10-24-20(8-1)14-15-21-16-17-23-26-12-4-6-19-33(26)31-28-22(25-11-3-5-18-32(25)31)9-7-13-27(28)34(24)30(21)29(23)31/h1-19H/q+2. The monoisotopic (exact) mass is 433 g/mol. The molecule has 0 aliphatic carbocycles. The van der Waals surface area contributed by atoms with Gasteiger partial charge in [-0.25, -0.2) is 0 Å². The van der Waals surface area contributed by atoms with Gasteiger partial charge in [-0.1, -0.05) is 42.5 Å². The number of nitrogens with zero attached hydrogens (tertiary/aromatic N) is 3. The molecular formula is C31H19N3+2. The second-order valence-corrected chi connectivity index (χ2v) is 9.44. The van der Waals surface area contributed by atoms with E-state index in [4.69, 9.17) is 0 Å². The predicted molar refractivity (Wildman–Crippen MR) is 133 cm³/mol. The fourth-order valence-corrected chi connectivity index (χ4v) is 6.85. The molecule has 0 bridgehead atoms. The maximum atomic E-state index is 2.51. The first kappa shape index (κ1) is 17.0. The molecule has 0 saturated carbocycles. The molecule has 3 aromatic carbocycles. The van der Waals surface area contributed by atoms with Crippen LogP contribution in [0.5, 0.6) is 0 Å². The lowest BCUT2D eigenvalue weighted by Gasteiger charge is -2.36. The van der Waals surface area contributed by atoms with E-state index in [0.29, 0.717) is 0 Å². The first-order valence-corrected chi connectivity index (χ1v) is 11.8. The maximum absolute atomic E-state index is 2.51. The third-order valence-corrected chi connectivity index (χ3v) is 8.00. The number of pyridine rings is 2. The average molecular weight is 434 g/mol. The third kappa shape index (κ3) is 1.64. The van der Waals surface area contributed by atoms with Crippen molar-refractivity contribution in [2.75, 3.05) is 4.90 Å². The molecule has 0 radical (unpaired) electrons. The Morgan fingerprint density at radius 2 is 1.21 bits per heavy atom. The van der Waals surface area contributed by atoms with Crippen molar-refractivity contribution in [2.24, 2.45) is 0 Å². The van der Waals surface area contributed by atoms with Crippen LogP contribution >= 0.6 is 0 Å². The van der Waals surface area contributed by atoms with Gasteiger partial charge in [-0.3, -0.25) is 0 Å².